The van der Waals surface area contributed by atoms with Gasteiger partial charge in [0.25, 0.3) is 0 Å². The fourth-order valence-corrected chi connectivity index (χ4v) is 3.62. The Kier molecular flexibility index (Phi) is 5.47. The molecule has 0 aromatic heterocycles. The molecule has 0 bridgehead atoms. The van der Waals surface area contributed by atoms with E-state index in [0.29, 0.717) is 11.5 Å². The normalized spacial score (nSPS) is 11.3. The average molecular weight is 383 g/mol. The lowest BCUT2D eigenvalue weighted by Gasteiger charge is -2.14. The number of rotatable bonds is 4. The van der Waals surface area contributed by atoms with Crippen molar-refractivity contribution in [1.82, 2.24) is 0 Å². The molecule has 4 rings (SSSR count). The van der Waals surface area contributed by atoms with E-state index >= 15 is 0 Å². The highest BCUT2D eigenvalue weighted by molar-refractivity contribution is 5.66. The van der Waals surface area contributed by atoms with E-state index in [1.165, 1.54) is 22.3 Å². The summed E-state index contributed by atoms with van der Waals surface area (Å²) in [4.78, 5) is 0. The minimum atomic E-state index is 0.304. The van der Waals surface area contributed by atoms with Crippen molar-refractivity contribution in [3.63, 3.8) is 0 Å². The standard InChI is InChI=1S/C29H21N/c1-3-22-4-8-26(9-5-22)28-16-12-24(13-17-28)21(2)25-14-18-29(19-15-25)27-10-6-23(20-30)7-11-27/h1,4-19,21H,2H3. The Balaban J connectivity index is 1.51. The Hall–Kier alpha value is -4.07. The summed E-state index contributed by atoms with van der Waals surface area (Å²) in [5.74, 6) is 2.96. The molecule has 1 unspecified atom stereocenters. The SMILES string of the molecule is C#Cc1ccc(-c2ccc(C(C)c3ccc(-c4ccc(C#N)cc4)cc3)cc2)cc1. The molecule has 0 aliphatic rings. The number of hydrogen-bond donors (Lipinski definition) is 0. The second kappa shape index (κ2) is 8.52. The molecule has 0 amide bonds. The highest BCUT2D eigenvalue weighted by Crippen LogP contribution is 2.29. The van der Waals surface area contributed by atoms with Gasteiger partial charge in [0.2, 0.25) is 0 Å². The van der Waals surface area contributed by atoms with E-state index < -0.39 is 0 Å². The molecule has 1 nitrogen and oxygen atoms in total. The van der Waals surface area contributed by atoms with Crippen LogP contribution < -0.4 is 0 Å². The zero-order chi connectivity index (χ0) is 20.9. The van der Waals surface area contributed by atoms with Crippen LogP contribution in [-0.2, 0) is 0 Å². The Morgan fingerprint density at radius 1 is 0.567 bits per heavy atom. The van der Waals surface area contributed by atoms with E-state index in [1.807, 2.05) is 36.4 Å². The van der Waals surface area contributed by atoms with Gasteiger partial charge in [-0.2, -0.15) is 5.26 Å². The van der Waals surface area contributed by atoms with Gasteiger partial charge in [-0.1, -0.05) is 85.6 Å². The number of benzene rings is 4. The van der Waals surface area contributed by atoms with Crippen molar-refractivity contribution in [1.29, 1.82) is 5.26 Å². The lowest BCUT2D eigenvalue weighted by molar-refractivity contribution is 0.923. The van der Waals surface area contributed by atoms with E-state index in [2.05, 4.69) is 79.6 Å². The second-order valence-corrected chi connectivity index (χ2v) is 7.38. The smallest absolute Gasteiger partial charge is 0.0991 e. The van der Waals surface area contributed by atoms with Gasteiger partial charge < -0.3 is 0 Å². The van der Waals surface area contributed by atoms with Crippen molar-refractivity contribution >= 4 is 0 Å². The monoisotopic (exact) mass is 383 g/mol. The molecule has 1 atom stereocenters. The molecule has 0 saturated carbocycles. The highest BCUT2D eigenvalue weighted by atomic mass is 14.2. The summed E-state index contributed by atoms with van der Waals surface area (Å²) in [5.41, 5.74) is 8.76. The molecular weight excluding hydrogens is 362 g/mol. The molecule has 0 aliphatic carbocycles. The minimum Gasteiger partial charge on any atom is -0.192 e. The second-order valence-electron chi connectivity index (χ2n) is 7.38. The third-order valence-corrected chi connectivity index (χ3v) is 5.55. The third-order valence-electron chi connectivity index (χ3n) is 5.55. The highest BCUT2D eigenvalue weighted by Gasteiger charge is 2.09. The average Bonchev–Trinajstić information content (AvgIpc) is 2.84. The van der Waals surface area contributed by atoms with E-state index in [9.17, 15) is 0 Å². The van der Waals surface area contributed by atoms with Gasteiger partial charge in [-0.15, -0.1) is 6.42 Å². The summed E-state index contributed by atoms with van der Waals surface area (Å²) >= 11 is 0. The van der Waals surface area contributed by atoms with Gasteiger partial charge in [-0.25, -0.2) is 0 Å². The van der Waals surface area contributed by atoms with Gasteiger partial charge in [-0.05, 0) is 57.6 Å². The molecule has 0 aliphatic heterocycles. The zero-order valence-electron chi connectivity index (χ0n) is 16.8. The molecule has 0 radical (unpaired) electrons. The number of terminal acetylenes is 1. The van der Waals surface area contributed by atoms with Crippen LogP contribution >= 0.6 is 0 Å². The molecule has 1 heteroatoms. The predicted molar refractivity (Wildman–Crippen MR) is 124 cm³/mol. The van der Waals surface area contributed by atoms with Crippen LogP contribution in [0.4, 0.5) is 0 Å². The first kappa shape index (κ1) is 19.3. The molecule has 142 valence electrons. The van der Waals surface area contributed by atoms with Gasteiger partial charge in [0.05, 0.1) is 11.6 Å². The van der Waals surface area contributed by atoms with Gasteiger partial charge >= 0.3 is 0 Å². The van der Waals surface area contributed by atoms with Crippen molar-refractivity contribution in [2.75, 3.05) is 0 Å². The lowest BCUT2D eigenvalue weighted by Crippen LogP contribution is -1.96. The molecule has 0 fully saturated rings. The summed E-state index contributed by atoms with van der Waals surface area (Å²) in [6.07, 6.45) is 5.44. The maximum atomic E-state index is 8.95. The van der Waals surface area contributed by atoms with Crippen LogP contribution in [0.1, 0.15) is 35.1 Å². The summed E-state index contributed by atoms with van der Waals surface area (Å²) in [5, 5.41) is 8.95. The number of nitrogens with zero attached hydrogens (tertiary/aromatic N) is 1. The van der Waals surface area contributed by atoms with Crippen LogP contribution in [0.25, 0.3) is 22.3 Å². The topological polar surface area (TPSA) is 23.8 Å². The quantitative estimate of drug-likeness (QED) is 0.347. The Morgan fingerprint density at radius 2 is 0.900 bits per heavy atom. The first-order valence-electron chi connectivity index (χ1n) is 9.95. The molecule has 4 aromatic carbocycles. The van der Waals surface area contributed by atoms with Crippen molar-refractivity contribution < 1.29 is 0 Å². The first-order chi connectivity index (χ1) is 14.7. The molecule has 0 spiro atoms. The third kappa shape index (κ3) is 4.02. The van der Waals surface area contributed by atoms with Crippen molar-refractivity contribution in [2.45, 2.75) is 12.8 Å². The Labute approximate surface area is 178 Å². The summed E-state index contributed by atoms with van der Waals surface area (Å²) in [6, 6.07) is 35.3. The van der Waals surface area contributed by atoms with E-state index in [-0.39, 0.29) is 0 Å². The maximum absolute atomic E-state index is 8.95. The summed E-state index contributed by atoms with van der Waals surface area (Å²) in [7, 11) is 0. The van der Waals surface area contributed by atoms with Gasteiger partial charge in [0.15, 0.2) is 0 Å². The van der Waals surface area contributed by atoms with Crippen LogP contribution in [0.15, 0.2) is 97.1 Å². The van der Waals surface area contributed by atoms with Gasteiger partial charge in [-0.3, -0.25) is 0 Å². The van der Waals surface area contributed by atoms with Crippen molar-refractivity contribution in [3.05, 3.63) is 119 Å². The molecular formula is C29H21N. The van der Waals surface area contributed by atoms with E-state index in [0.717, 1.165) is 16.7 Å². The largest absolute Gasteiger partial charge is 0.192 e. The Morgan fingerprint density at radius 3 is 1.23 bits per heavy atom. The minimum absolute atomic E-state index is 0.304. The molecule has 0 heterocycles. The van der Waals surface area contributed by atoms with Crippen molar-refractivity contribution in [2.24, 2.45) is 0 Å². The van der Waals surface area contributed by atoms with Gasteiger partial charge in [0, 0.05) is 11.5 Å². The lowest BCUT2D eigenvalue weighted by atomic mass is 9.90. The van der Waals surface area contributed by atoms with Crippen LogP contribution in [0.5, 0.6) is 0 Å². The molecule has 0 saturated heterocycles. The van der Waals surface area contributed by atoms with Crippen LogP contribution in [-0.4, -0.2) is 0 Å². The molecule has 4 aromatic rings. The fraction of sp³-hybridized carbons (Fsp3) is 0.0690. The number of nitriles is 1. The van der Waals surface area contributed by atoms with Crippen molar-refractivity contribution in [3.8, 4) is 40.7 Å². The van der Waals surface area contributed by atoms with Crippen LogP contribution in [0.2, 0.25) is 0 Å². The van der Waals surface area contributed by atoms with Crippen LogP contribution in [0, 0.1) is 23.7 Å². The van der Waals surface area contributed by atoms with E-state index in [1.54, 1.807) is 0 Å². The predicted octanol–water partition coefficient (Wildman–Crippen LogP) is 7.03. The Bertz CT molecular complexity index is 1110. The molecule has 30 heavy (non-hydrogen) atoms. The zero-order valence-corrected chi connectivity index (χ0v) is 16.8. The fourth-order valence-electron chi connectivity index (χ4n) is 3.62. The maximum Gasteiger partial charge on any atom is 0.0991 e. The summed E-state index contributed by atoms with van der Waals surface area (Å²) < 4.78 is 0. The van der Waals surface area contributed by atoms with Crippen LogP contribution in [0.3, 0.4) is 0 Å². The molecule has 0 N–H and O–H groups in total. The van der Waals surface area contributed by atoms with Gasteiger partial charge in [0.1, 0.15) is 0 Å². The number of hydrogen-bond acceptors (Lipinski definition) is 1. The summed E-state index contributed by atoms with van der Waals surface area (Å²) in [6.45, 7) is 2.23. The first-order valence-corrected chi connectivity index (χ1v) is 9.95. The van der Waals surface area contributed by atoms with E-state index in [4.69, 9.17) is 11.7 Å².